The van der Waals surface area contributed by atoms with Crippen LogP contribution in [0.5, 0.6) is 0 Å². The number of carbonyl (C=O) groups excluding carboxylic acids is 1. The van der Waals surface area contributed by atoms with Crippen LogP contribution in [0.15, 0.2) is 34.9 Å². The zero-order chi connectivity index (χ0) is 21.3. The van der Waals surface area contributed by atoms with E-state index in [4.69, 9.17) is 20.9 Å². The van der Waals surface area contributed by atoms with Gasteiger partial charge in [-0.1, -0.05) is 16.8 Å². The summed E-state index contributed by atoms with van der Waals surface area (Å²) in [6.07, 6.45) is 0.728. The van der Waals surface area contributed by atoms with E-state index in [0.717, 1.165) is 33.9 Å². The van der Waals surface area contributed by atoms with Gasteiger partial charge in [-0.25, -0.2) is 9.50 Å². The van der Waals surface area contributed by atoms with Gasteiger partial charge >= 0.3 is 5.97 Å². The van der Waals surface area contributed by atoms with Crippen LogP contribution in [-0.2, 0) is 22.6 Å². The zero-order valence-corrected chi connectivity index (χ0v) is 17.6. The Kier molecular flexibility index (Phi) is 5.50. The van der Waals surface area contributed by atoms with Crippen LogP contribution in [0.1, 0.15) is 35.0 Å². The van der Waals surface area contributed by atoms with Gasteiger partial charge in [0.15, 0.2) is 12.3 Å². The number of aryl methyl sites for hydroxylation is 3. The Morgan fingerprint density at radius 2 is 1.93 bits per heavy atom. The van der Waals surface area contributed by atoms with E-state index in [2.05, 4.69) is 20.2 Å². The first kappa shape index (κ1) is 20.0. The molecule has 0 atom stereocenters. The van der Waals surface area contributed by atoms with E-state index in [1.807, 2.05) is 26.8 Å². The van der Waals surface area contributed by atoms with Gasteiger partial charge in [0.1, 0.15) is 0 Å². The highest BCUT2D eigenvalue weighted by molar-refractivity contribution is 6.30. The summed E-state index contributed by atoms with van der Waals surface area (Å²) >= 11 is 5.88. The van der Waals surface area contributed by atoms with Crippen LogP contribution < -0.4 is 0 Å². The van der Waals surface area contributed by atoms with Crippen LogP contribution in [0.2, 0.25) is 5.02 Å². The molecule has 4 aromatic rings. The number of hydrogen-bond acceptors (Lipinski definition) is 7. The number of nitrogens with zero attached hydrogens (tertiary/aromatic N) is 5. The molecule has 30 heavy (non-hydrogen) atoms. The van der Waals surface area contributed by atoms with Crippen LogP contribution in [-0.4, -0.2) is 30.7 Å². The summed E-state index contributed by atoms with van der Waals surface area (Å²) < 4.78 is 12.3. The molecule has 3 aromatic heterocycles. The molecule has 0 saturated carbocycles. The second-order valence-electron chi connectivity index (χ2n) is 7.00. The first-order valence-electron chi connectivity index (χ1n) is 9.47. The van der Waals surface area contributed by atoms with Gasteiger partial charge in [0.2, 0.25) is 5.82 Å². The lowest BCUT2D eigenvalue weighted by Gasteiger charge is -2.10. The molecule has 1 aromatic carbocycles. The van der Waals surface area contributed by atoms with E-state index in [9.17, 15) is 4.79 Å². The fourth-order valence-electron chi connectivity index (χ4n) is 3.27. The van der Waals surface area contributed by atoms with Crippen molar-refractivity contribution in [3.63, 3.8) is 0 Å². The lowest BCUT2D eigenvalue weighted by atomic mass is 10.1. The van der Waals surface area contributed by atoms with Gasteiger partial charge in [-0.2, -0.15) is 10.1 Å². The zero-order valence-electron chi connectivity index (χ0n) is 16.8. The number of rotatable bonds is 6. The molecule has 0 radical (unpaired) electrons. The Hall–Kier alpha value is -3.26. The number of ether oxygens (including phenoxy) is 1. The van der Waals surface area contributed by atoms with E-state index in [0.29, 0.717) is 17.3 Å². The SMILES string of the molecule is Cc1cc2nc(C)c(CCC(=O)OCc3nc(-c4ccc(Cl)cc4)no3)c(C)n2n1. The van der Waals surface area contributed by atoms with Gasteiger partial charge < -0.3 is 9.26 Å². The molecule has 0 fully saturated rings. The Morgan fingerprint density at radius 3 is 2.70 bits per heavy atom. The first-order chi connectivity index (χ1) is 14.4. The molecule has 8 nitrogen and oxygen atoms in total. The molecule has 0 spiro atoms. The monoisotopic (exact) mass is 425 g/mol. The lowest BCUT2D eigenvalue weighted by Crippen LogP contribution is -2.10. The summed E-state index contributed by atoms with van der Waals surface area (Å²) in [5.74, 6) is 0.297. The number of carbonyl (C=O) groups is 1. The third-order valence-electron chi connectivity index (χ3n) is 4.79. The van der Waals surface area contributed by atoms with Crippen LogP contribution in [0.3, 0.4) is 0 Å². The van der Waals surface area contributed by atoms with Gasteiger partial charge in [-0.15, -0.1) is 0 Å². The minimum atomic E-state index is -0.350. The summed E-state index contributed by atoms with van der Waals surface area (Å²) in [7, 11) is 0. The average Bonchev–Trinajstić information content (AvgIpc) is 3.33. The highest BCUT2D eigenvalue weighted by atomic mass is 35.5. The Morgan fingerprint density at radius 1 is 1.17 bits per heavy atom. The normalized spacial score (nSPS) is 11.2. The summed E-state index contributed by atoms with van der Waals surface area (Å²) in [6, 6.07) is 9.00. The van der Waals surface area contributed by atoms with Crippen molar-refractivity contribution in [2.45, 2.75) is 40.2 Å². The molecule has 0 unspecified atom stereocenters. The smallest absolute Gasteiger partial charge is 0.306 e. The van der Waals surface area contributed by atoms with Crippen molar-refractivity contribution < 1.29 is 14.1 Å². The minimum Gasteiger partial charge on any atom is -0.456 e. The number of esters is 1. The molecular weight excluding hydrogens is 406 g/mol. The minimum absolute atomic E-state index is 0.0764. The third kappa shape index (κ3) is 4.18. The fourth-order valence-corrected chi connectivity index (χ4v) is 3.40. The Bertz CT molecular complexity index is 1210. The van der Waals surface area contributed by atoms with Gasteiger partial charge in [0.05, 0.1) is 5.69 Å². The van der Waals surface area contributed by atoms with Crippen molar-refractivity contribution >= 4 is 23.2 Å². The fraction of sp³-hybridized carbons (Fsp3) is 0.286. The third-order valence-corrected chi connectivity index (χ3v) is 5.04. The van der Waals surface area contributed by atoms with E-state index in [-0.39, 0.29) is 24.9 Å². The summed E-state index contributed by atoms with van der Waals surface area (Å²) in [6.45, 7) is 5.77. The van der Waals surface area contributed by atoms with Crippen molar-refractivity contribution in [3.8, 4) is 11.4 Å². The number of aromatic nitrogens is 5. The molecule has 0 N–H and O–H groups in total. The van der Waals surface area contributed by atoms with Gasteiger partial charge in [-0.05, 0) is 57.0 Å². The summed E-state index contributed by atoms with van der Waals surface area (Å²) in [5, 5.41) is 8.98. The highest BCUT2D eigenvalue weighted by Crippen LogP contribution is 2.20. The van der Waals surface area contributed by atoms with Crippen LogP contribution in [0, 0.1) is 20.8 Å². The number of benzene rings is 1. The van der Waals surface area contributed by atoms with Crippen molar-refractivity contribution in [1.29, 1.82) is 0 Å². The van der Waals surface area contributed by atoms with E-state index >= 15 is 0 Å². The first-order valence-corrected chi connectivity index (χ1v) is 9.85. The van der Waals surface area contributed by atoms with Crippen LogP contribution in [0.25, 0.3) is 17.0 Å². The Balaban J connectivity index is 1.36. The average molecular weight is 426 g/mol. The maximum absolute atomic E-state index is 12.2. The second-order valence-corrected chi connectivity index (χ2v) is 7.43. The van der Waals surface area contributed by atoms with Crippen molar-refractivity contribution in [2.24, 2.45) is 0 Å². The van der Waals surface area contributed by atoms with Crippen LogP contribution in [0.4, 0.5) is 0 Å². The maximum atomic E-state index is 12.2. The lowest BCUT2D eigenvalue weighted by molar-refractivity contribution is -0.145. The summed E-state index contributed by atoms with van der Waals surface area (Å²) in [4.78, 5) is 21.0. The van der Waals surface area contributed by atoms with E-state index in [1.54, 1.807) is 28.8 Å². The molecule has 0 bridgehead atoms. The predicted molar refractivity (Wildman–Crippen MR) is 110 cm³/mol. The van der Waals surface area contributed by atoms with E-state index < -0.39 is 0 Å². The molecule has 3 heterocycles. The topological polar surface area (TPSA) is 95.4 Å². The Labute approximate surface area is 177 Å². The van der Waals surface area contributed by atoms with Gasteiger partial charge in [0.25, 0.3) is 5.89 Å². The highest BCUT2D eigenvalue weighted by Gasteiger charge is 2.15. The number of hydrogen-bond donors (Lipinski definition) is 0. The molecule has 0 aliphatic rings. The van der Waals surface area contributed by atoms with Crippen molar-refractivity contribution in [2.75, 3.05) is 0 Å². The number of halogens is 1. The van der Waals surface area contributed by atoms with E-state index in [1.165, 1.54) is 0 Å². The van der Waals surface area contributed by atoms with Crippen LogP contribution >= 0.6 is 11.6 Å². The second kappa shape index (κ2) is 8.23. The maximum Gasteiger partial charge on any atom is 0.306 e. The molecule has 0 aliphatic carbocycles. The largest absolute Gasteiger partial charge is 0.456 e. The molecule has 0 saturated heterocycles. The molecule has 9 heteroatoms. The summed E-state index contributed by atoms with van der Waals surface area (Å²) in [5.41, 5.74) is 5.33. The predicted octanol–water partition coefficient (Wildman–Crippen LogP) is 4.03. The molecule has 154 valence electrons. The van der Waals surface area contributed by atoms with Gasteiger partial charge in [0, 0.05) is 34.5 Å². The van der Waals surface area contributed by atoms with Gasteiger partial charge in [-0.3, -0.25) is 4.79 Å². The standard InChI is InChI=1S/C21H20ClN5O3/c1-12-10-18-23-13(2)17(14(3)27(18)25-12)8-9-20(28)29-11-19-24-21(26-30-19)15-4-6-16(22)7-5-15/h4-7,10H,8-9,11H2,1-3H3. The molecule has 4 rings (SSSR count). The molecule has 0 aliphatic heterocycles. The molecular formula is C21H20ClN5O3. The quantitative estimate of drug-likeness (QED) is 0.430. The van der Waals surface area contributed by atoms with Crippen molar-refractivity contribution in [3.05, 3.63) is 63.9 Å². The number of fused-ring (bicyclic) bond motifs is 1. The molecule has 0 amide bonds. The van der Waals surface area contributed by atoms with Crippen molar-refractivity contribution in [1.82, 2.24) is 24.7 Å².